The van der Waals surface area contributed by atoms with Crippen LogP contribution in [-0.4, -0.2) is 36.9 Å². The Kier molecular flexibility index (Phi) is 4.67. The number of aryl methyl sites for hydroxylation is 1. The van der Waals surface area contributed by atoms with Crippen molar-refractivity contribution in [3.8, 4) is 0 Å². The standard InChI is InChI=1S/C11H21N3O8P2/c1-6-3-9(14-4-7(2)10(12)13-11(14)15)20-8(6)5-19-23(16,17)24(18)21-22-24/h4,6,8-9,16-18,23-24H,3,5H2,1-2H3,(H2,12,13,15)/t6?,8-,9-/m1/s1. The summed E-state index contributed by atoms with van der Waals surface area (Å²) in [6, 6.07) is 0. The van der Waals surface area contributed by atoms with E-state index in [2.05, 4.69) is 14.3 Å². The Balaban J connectivity index is 1.67. The Morgan fingerprint density at radius 3 is 2.83 bits per heavy atom. The maximum atomic E-state index is 12.0. The molecule has 0 amide bonds. The SMILES string of the molecule is Cc1cn([C@H]2CC(C)[C@@H](CO[PH](O)(O)[PH]3(O)OO3)O2)c(=O)nc1N. The number of nitrogens with two attached hydrogens (primary N) is 1. The third-order valence-electron chi connectivity index (χ3n) is 4.13. The minimum absolute atomic E-state index is 0.0260. The van der Waals surface area contributed by atoms with E-state index in [1.165, 1.54) is 4.57 Å². The monoisotopic (exact) mass is 385 g/mol. The number of nitrogens with zero attached hydrogens (tertiary/aromatic N) is 2. The number of aromatic nitrogens is 2. The van der Waals surface area contributed by atoms with Crippen LogP contribution in [0.3, 0.4) is 0 Å². The van der Waals surface area contributed by atoms with E-state index in [1.807, 2.05) is 6.92 Å². The molecular weight excluding hydrogens is 364 g/mol. The molecule has 11 nitrogen and oxygen atoms in total. The Bertz CT molecular complexity index is 694. The molecule has 138 valence electrons. The van der Waals surface area contributed by atoms with E-state index in [-0.39, 0.29) is 18.3 Å². The second-order valence-corrected chi connectivity index (χ2v) is 12.9. The number of hydrogen-bond acceptors (Lipinski definition) is 10. The molecule has 0 bridgehead atoms. The number of anilines is 1. The molecule has 2 aliphatic heterocycles. The summed E-state index contributed by atoms with van der Waals surface area (Å²) in [7, 11) is -8.39. The van der Waals surface area contributed by atoms with Gasteiger partial charge in [0.1, 0.15) is 0 Å². The van der Waals surface area contributed by atoms with Crippen LogP contribution in [0, 0.1) is 12.8 Å². The number of rotatable bonds is 5. The zero-order chi connectivity index (χ0) is 17.7. The summed E-state index contributed by atoms with van der Waals surface area (Å²) < 4.78 is 20.7. The normalized spacial score (nSPS) is 31.0. The van der Waals surface area contributed by atoms with Gasteiger partial charge in [0, 0.05) is 0 Å². The van der Waals surface area contributed by atoms with Crippen molar-refractivity contribution in [1.82, 2.24) is 9.55 Å². The van der Waals surface area contributed by atoms with Crippen molar-refractivity contribution in [2.24, 2.45) is 5.92 Å². The van der Waals surface area contributed by atoms with Gasteiger partial charge >= 0.3 is 137 Å². The molecule has 0 radical (unpaired) electrons. The first-order chi connectivity index (χ1) is 11.1. The van der Waals surface area contributed by atoms with Crippen LogP contribution in [-0.2, 0) is 18.6 Å². The predicted molar refractivity (Wildman–Crippen MR) is 86.7 cm³/mol. The summed E-state index contributed by atoms with van der Waals surface area (Å²) in [5, 5.41) is 0. The molecule has 2 aliphatic rings. The summed E-state index contributed by atoms with van der Waals surface area (Å²) in [5.74, 6) is 0.142. The van der Waals surface area contributed by atoms with Crippen molar-refractivity contribution in [3.63, 3.8) is 0 Å². The Morgan fingerprint density at radius 2 is 2.21 bits per heavy atom. The van der Waals surface area contributed by atoms with Gasteiger partial charge in [-0.25, -0.2) is 0 Å². The minimum atomic E-state index is -4.45. The molecule has 3 atom stereocenters. The Labute approximate surface area is 137 Å². The summed E-state index contributed by atoms with van der Waals surface area (Å²) >= 11 is 0. The summed E-state index contributed by atoms with van der Waals surface area (Å²) in [6.07, 6.45) is 1.03. The van der Waals surface area contributed by atoms with Gasteiger partial charge in [0.2, 0.25) is 0 Å². The molecule has 5 N–H and O–H groups in total. The van der Waals surface area contributed by atoms with E-state index >= 15 is 0 Å². The van der Waals surface area contributed by atoms with Crippen molar-refractivity contribution in [1.29, 1.82) is 0 Å². The van der Waals surface area contributed by atoms with Crippen LogP contribution in [0.2, 0.25) is 0 Å². The summed E-state index contributed by atoms with van der Waals surface area (Å²) in [6.45, 7) is 3.44. The van der Waals surface area contributed by atoms with Crippen molar-refractivity contribution >= 4 is 21.1 Å². The van der Waals surface area contributed by atoms with Gasteiger partial charge in [-0.2, -0.15) is 0 Å². The molecule has 13 heteroatoms. The molecule has 0 saturated carbocycles. The van der Waals surface area contributed by atoms with Crippen molar-refractivity contribution < 1.29 is 33.3 Å². The molecule has 0 spiro atoms. The zero-order valence-corrected chi connectivity index (χ0v) is 15.1. The van der Waals surface area contributed by atoms with E-state index in [1.54, 1.807) is 13.1 Å². The molecular formula is C11H21N3O8P2. The molecule has 1 unspecified atom stereocenters. The molecule has 2 fully saturated rings. The van der Waals surface area contributed by atoms with E-state index < -0.39 is 33.3 Å². The summed E-state index contributed by atoms with van der Waals surface area (Å²) in [5.41, 5.74) is 5.74. The zero-order valence-electron chi connectivity index (χ0n) is 13.1. The molecule has 1 aromatic heterocycles. The number of ether oxygens (including phenoxy) is 1. The maximum absolute atomic E-state index is 12.0. The molecule has 3 heterocycles. The van der Waals surface area contributed by atoms with Gasteiger partial charge in [-0.05, 0) is 0 Å². The van der Waals surface area contributed by atoms with Gasteiger partial charge in [0.25, 0.3) is 0 Å². The van der Waals surface area contributed by atoms with E-state index in [0.717, 1.165) is 0 Å². The van der Waals surface area contributed by atoms with Crippen LogP contribution in [0.1, 0.15) is 25.1 Å². The van der Waals surface area contributed by atoms with Gasteiger partial charge in [-0.1, -0.05) is 0 Å². The molecule has 2 saturated heterocycles. The van der Waals surface area contributed by atoms with E-state index in [4.69, 9.17) is 15.0 Å². The topological polar surface area (TPSA) is 165 Å². The fraction of sp³-hybridized carbons (Fsp3) is 0.636. The number of hydrogen-bond donors (Lipinski definition) is 4. The summed E-state index contributed by atoms with van der Waals surface area (Å²) in [4.78, 5) is 44.8. The van der Waals surface area contributed by atoms with Gasteiger partial charge < -0.3 is 0 Å². The first kappa shape index (κ1) is 18.1. The molecule has 0 aromatic carbocycles. The second-order valence-electron chi connectivity index (χ2n) is 6.01. The molecule has 3 rings (SSSR count). The van der Waals surface area contributed by atoms with Crippen LogP contribution in [0.15, 0.2) is 11.0 Å². The molecule has 0 aliphatic carbocycles. The third-order valence-corrected chi connectivity index (χ3v) is 9.40. The van der Waals surface area contributed by atoms with Crippen LogP contribution in [0.25, 0.3) is 0 Å². The van der Waals surface area contributed by atoms with E-state index in [9.17, 15) is 19.5 Å². The Morgan fingerprint density at radius 1 is 1.54 bits per heavy atom. The van der Waals surface area contributed by atoms with Gasteiger partial charge in [-0.15, -0.1) is 0 Å². The van der Waals surface area contributed by atoms with Crippen LogP contribution in [0.5, 0.6) is 0 Å². The first-order valence-corrected chi connectivity index (χ1v) is 11.9. The van der Waals surface area contributed by atoms with Crippen LogP contribution >= 0.6 is 15.3 Å². The predicted octanol–water partition coefficient (Wildman–Crippen LogP) is -0.0824. The van der Waals surface area contributed by atoms with Crippen molar-refractivity contribution in [3.05, 3.63) is 22.2 Å². The number of nitrogen functional groups attached to an aromatic ring is 1. The fourth-order valence-electron chi connectivity index (χ4n) is 2.47. The van der Waals surface area contributed by atoms with Gasteiger partial charge in [0.05, 0.1) is 0 Å². The molecule has 24 heavy (non-hydrogen) atoms. The average Bonchev–Trinajstić information content (AvgIpc) is 3.15. The second kappa shape index (κ2) is 6.21. The quantitative estimate of drug-likeness (QED) is 0.306. The van der Waals surface area contributed by atoms with Gasteiger partial charge in [0.15, 0.2) is 0 Å². The average molecular weight is 385 g/mol. The van der Waals surface area contributed by atoms with Crippen LogP contribution in [0.4, 0.5) is 5.82 Å². The third kappa shape index (κ3) is 3.32. The van der Waals surface area contributed by atoms with Crippen molar-refractivity contribution in [2.45, 2.75) is 32.6 Å². The Hall–Kier alpha value is -0.740. The van der Waals surface area contributed by atoms with Crippen molar-refractivity contribution in [2.75, 3.05) is 12.3 Å². The fourth-order valence-corrected chi connectivity index (χ4v) is 5.40. The van der Waals surface area contributed by atoms with Gasteiger partial charge in [-0.3, -0.25) is 0 Å². The van der Waals surface area contributed by atoms with Crippen LogP contribution < -0.4 is 11.4 Å². The molecule has 1 aromatic rings. The first-order valence-electron chi connectivity index (χ1n) is 7.31. The van der Waals surface area contributed by atoms with E-state index in [0.29, 0.717) is 12.0 Å².